The summed E-state index contributed by atoms with van der Waals surface area (Å²) < 4.78 is 10.6. The minimum absolute atomic E-state index is 0.0120. The average Bonchev–Trinajstić information content (AvgIpc) is 2.52. The van der Waals surface area contributed by atoms with Crippen LogP contribution in [0.3, 0.4) is 0 Å². The summed E-state index contributed by atoms with van der Waals surface area (Å²) in [6.07, 6.45) is -0.310. The Hall–Kier alpha value is -1.92. The van der Waals surface area contributed by atoms with E-state index in [9.17, 15) is 9.59 Å². The molecule has 0 aliphatic carbocycles. The zero-order valence-electron chi connectivity index (χ0n) is 11.7. The highest BCUT2D eigenvalue weighted by Gasteiger charge is 2.25. The number of carbonyl (C=O) groups excluding carboxylic acids is 1. The monoisotopic (exact) mass is 293 g/mol. The molecule has 1 fully saturated rings. The van der Waals surface area contributed by atoms with Crippen LogP contribution >= 0.6 is 0 Å². The van der Waals surface area contributed by atoms with Gasteiger partial charge in [0.2, 0.25) is 0 Å². The molecule has 2 unspecified atom stereocenters. The third-order valence-corrected chi connectivity index (χ3v) is 3.27. The van der Waals surface area contributed by atoms with E-state index in [0.717, 1.165) is 5.56 Å². The van der Waals surface area contributed by atoms with Crippen LogP contribution in [-0.4, -0.2) is 42.9 Å². The number of carboxylic acids is 1. The van der Waals surface area contributed by atoms with Gasteiger partial charge < -0.3 is 19.9 Å². The fourth-order valence-electron chi connectivity index (χ4n) is 2.18. The molecule has 6 nitrogen and oxygen atoms in total. The fraction of sp³-hybridized carbons (Fsp3) is 0.467. The summed E-state index contributed by atoms with van der Waals surface area (Å²) in [6, 6.07) is 8.97. The molecule has 0 aromatic heterocycles. The van der Waals surface area contributed by atoms with Gasteiger partial charge in [-0.3, -0.25) is 9.59 Å². The van der Waals surface area contributed by atoms with Gasteiger partial charge in [-0.2, -0.15) is 0 Å². The number of ether oxygens (including phenoxy) is 2. The van der Waals surface area contributed by atoms with Gasteiger partial charge in [0.25, 0.3) is 5.91 Å². The molecule has 1 aromatic rings. The van der Waals surface area contributed by atoms with Gasteiger partial charge in [-0.25, -0.2) is 0 Å². The first-order valence-corrected chi connectivity index (χ1v) is 6.93. The van der Waals surface area contributed by atoms with E-state index in [1.807, 2.05) is 30.3 Å². The SMILES string of the molecule is O=C(O)CCC(NC(=O)C1COCCO1)c1ccccc1. The first-order chi connectivity index (χ1) is 10.2. The van der Waals surface area contributed by atoms with Gasteiger partial charge in [-0.1, -0.05) is 30.3 Å². The van der Waals surface area contributed by atoms with Gasteiger partial charge in [-0.15, -0.1) is 0 Å². The molecular formula is C15H19NO5. The van der Waals surface area contributed by atoms with E-state index in [4.69, 9.17) is 14.6 Å². The fourth-order valence-corrected chi connectivity index (χ4v) is 2.18. The lowest BCUT2D eigenvalue weighted by atomic mass is 10.0. The summed E-state index contributed by atoms with van der Waals surface area (Å²) in [7, 11) is 0. The Morgan fingerprint density at radius 3 is 2.67 bits per heavy atom. The first-order valence-electron chi connectivity index (χ1n) is 6.93. The van der Waals surface area contributed by atoms with Gasteiger partial charge in [-0.05, 0) is 12.0 Å². The van der Waals surface area contributed by atoms with E-state index in [2.05, 4.69) is 5.32 Å². The smallest absolute Gasteiger partial charge is 0.303 e. The van der Waals surface area contributed by atoms with Crippen LogP contribution in [0.4, 0.5) is 0 Å². The van der Waals surface area contributed by atoms with Gasteiger partial charge in [0.1, 0.15) is 0 Å². The molecule has 114 valence electrons. The number of carbonyl (C=O) groups is 2. The van der Waals surface area contributed by atoms with Crippen molar-refractivity contribution in [3.8, 4) is 0 Å². The second kappa shape index (κ2) is 7.75. The lowest BCUT2D eigenvalue weighted by molar-refractivity contribution is -0.148. The number of benzene rings is 1. The van der Waals surface area contributed by atoms with Crippen LogP contribution in [0.15, 0.2) is 30.3 Å². The predicted molar refractivity (Wildman–Crippen MR) is 74.8 cm³/mol. The predicted octanol–water partition coefficient (Wildman–Crippen LogP) is 1.12. The number of hydrogen-bond acceptors (Lipinski definition) is 4. The molecule has 2 atom stereocenters. The summed E-state index contributed by atoms with van der Waals surface area (Å²) in [5.41, 5.74) is 0.879. The van der Waals surface area contributed by atoms with Crippen LogP contribution in [0, 0.1) is 0 Å². The van der Waals surface area contributed by atoms with Crippen molar-refractivity contribution in [1.29, 1.82) is 0 Å². The third kappa shape index (κ3) is 4.84. The lowest BCUT2D eigenvalue weighted by Crippen LogP contribution is -2.44. The maximum absolute atomic E-state index is 12.2. The van der Waals surface area contributed by atoms with Crippen LogP contribution in [-0.2, 0) is 19.1 Å². The zero-order chi connectivity index (χ0) is 15.1. The first kappa shape index (κ1) is 15.5. The van der Waals surface area contributed by atoms with E-state index >= 15 is 0 Å². The molecule has 1 amide bonds. The second-order valence-corrected chi connectivity index (χ2v) is 4.84. The van der Waals surface area contributed by atoms with Crippen molar-refractivity contribution in [2.24, 2.45) is 0 Å². The van der Waals surface area contributed by atoms with Crippen molar-refractivity contribution in [2.45, 2.75) is 25.0 Å². The van der Waals surface area contributed by atoms with Crippen molar-refractivity contribution in [2.75, 3.05) is 19.8 Å². The lowest BCUT2D eigenvalue weighted by Gasteiger charge is -2.25. The molecule has 2 rings (SSSR count). The molecule has 0 bridgehead atoms. The van der Waals surface area contributed by atoms with Gasteiger partial charge in [0, 0.05) is 6.42 Å². The van der Waals surface area contributed by atoms with Crippen LogP contribution in [0.1, 0.15) is 24.4 Å². The Bertz CT molecular complexity index is 470. The highest BCUT2D eigenvalue weighted by Crippen LogP contribution is 2.19. The molecule has 1 aromatic carbocycles. The van der Waals surface area contributed by atoms with Crippen LogP contribution in [0.5, 0.6) is 0 Å². The Kier molecular flexibility index (Phi) is 5.71. The molecule has 1 aliphatic heterocycles. The van der Waals surface area contributed by atoms with E-state index in [1.54, 1.807) is 0 Å². The second-order valence-electron chi connectivity index (χ2n) is 4.84. The van der Waals surface area contributed by atoms with Gasteiger partial charge in [0.05, 0.1) is 25.9 Å². The molecule has 1 saturated heterocycles. The molecule has 1 aliphatic rings. The normalized spacial score (nSPS) is 19.7. The number of nitrogens with one attached hydrogen (secondary N) is 1. The average molecular weight is 293 g/mol. The van der Waals surface area contributed by atoms with E-state index in [1.165, 1.54) is 0 Å². The highest BCUT2D eigenvalue weighted by atomic mass is 16.6. The number of amides is 1. The van der Waals surface area contributed by atoms with E-state index in [-0.39, 0.29) is 25.0 Å². The molecule has 0 saturated carbocycles. The van der Waals surface area contributed by atoms with Gasteiger partial charge in [0.15, 0.2) is 6.10 Å². The zero-order valence-corrected chi connectivity index (χ0v) is 11.7. The third-order valence-electron chi connectivity index (χ3n) is 3.27. The van der Waals surface area contributed by atoms with Crippen molar-refractivity contribution in [1.82, 2.24) is 5.32 Å². The molecular weight excluding hydrogens is 274 g/mol. The molecule has 0 spiro atoms. The van der Waals surface area contributed by atoms with Crippen LogP contribution in [0.25, 0.3) is 0 Å². The number of carboxylic acid groups (broad SMARTS) is 1. The van der Waals surface area contributed by atoms with E-state index in [0.29, 0.717) is 19.6 Å². The van der Waals surface area contributed by atoms with Gasteiger partial charge >= 0.3 is 5.97 Å². The van der Waals surface area contributed by atoms with Crippen molar-refractivity contribution < 1.29 is 24.2 Å². The van der Waals surface area contributed by atoms with Crippen LogP contribution in [0.2, 0.25) is 0 Å². The minimum Gasteiger partial charge on any atom is -0.481 e. The molecule has 21 heavy (non-hydrogen) atoms. The molecule has 0 radical (unpaired) electrons. The summed E-state index contributed by atoms with van der Waals surface area (Å²) in [6.45, 7) is 1.11. The number of aliphatic carboxylic acids is 1. The summed E-state index contributed by atoms with van der Waals surface area (Å²) in [5.74, 6) is -1.16. The minimum atomic E-state index is -0.887. The molecule has 1 heterocycles. The largest absolute Gasteiger partial charge is 0.481 e. The number of rotatable bonds is 6. The topological polar surface area (TPSA) is 84.9 Å². The van der Waals surface area contributed by atoms with E-state index < -0.39 is 12.1 Å². The Labute approximate surface area is 123 Å². The molecule has 2 N–H and O–H groups in total. The maximum atomic E-state index is 12.2. The standard InChI is InChI=1S/C15H19NO5/c17-14(18)7-6-12(11-4-2-1-3-5-11)16-15(19)13-10-20-8-9-21-13/h1-5,12-13H,6-10H2,(H,16,19)(H,17,18). The van der Waals surface area contributed by atoms with Crippen molar-refractivity contribution in [3.63, 3.8) is 0 Å². The Balaban J connectivity index is 2.00. The molecule has 6 heteroatoms. The van der Waals surface area contributed by atoms with Crippen molar-refractivity contribution in [3.05, 3.63) is 35.9 Å². The number of hydrogen-bond donors (Lipinski definition) is 2. The Morgan fingerprint density at radius 2 is 2.05 bits per heavy atom. The quantitative estimate of drug-likeness (QED) is 0.821. The highest BCUT2D eigenvalue weighted by molar-refractivity contribution is 5.81. The van der Waals surface area contributed by atoms with Crippen molar-refractivity contribution >= 4 is 11.9 Å². The summed E-state index contributed by atoms with van der Waals surface area (Å²) in [4.78, 5) is 22.9. The maximum Gasteiger partial charge on any atom is 0.303 e. The summed E-state index contributed by atoms with van der Waals surface area (Å²) in [5, 5.41) is 11.7. The Morgan fingerprint density at radius 1 is 1.29 bits per heavy atom. The van der Waals surface area contributed by atoms with Crippen LogP contribution < -0.4 is 5.32 Å². The summed E-state index contributed by atoms with van der Waals surface area (Å²) >= 11 is 0.